The fourth-order valence-electron chi connectivity index (χ4n) is 4.06. The summed E-state index contributed by atoms with van der Waals surface area (Å²) in [6.07, 6.45) is 2.78. The molecule has 0 saturated heterocycles. The van der Waals surface area contributed by atoms with Crippen molar-refractivity contribution >= 4 is 44.3 Å². The normalized spacial score (nSPS) is 11.7. The van der Waals surface area contributed by atoms with Crippen LogP contribution in [-0.2, 0) is 27.7 Å². The van der Waals surface area contributed by atoms with Crippen molar-refractivity contribution in [2.45, 2.75) is 50.8 Å². The Morgan fingerprint density at radius 3 is 2.66 bits per heavy atom. The molecule has 0 saturated carbocycles. The maximum absolute atomic E-state index is 13.2. The first-order valence-corrected chi connectivity index (χ1v) is 14.8. The van der Waals surface area contributed by atoms with Gasteiger partial charge in [-0.1, -0.05) is 57.5 Å². The molecular weight excluding hydrogens is 522 g/mol. The molecular formula is C28H31N3O5S2. The summed E-state index contributed by atoms with van der Waals surface area (Å²) in [6.45, 7) is 6.29. The van der Waals surface area contributed by atoms with E-state index < -0.39 is 16.1 Å². The summed E-state index contributed by atoms with van der Waals surface area (Å²) >= 11 is 1.12. The molecule has 1 N–H and O–H groups in total. The number of unbranched alkanes of at least 4 members (excludes halogenated alkanes) is 1. The molecule has 4 aromatic rings. The van der Waals surface area contributed by atoms with Crippen molar-refractivity contribution in [3.05, 3.63) is 71.4 Å². The maximum atomic E-state index is 13.2. The molecule has 0 spiro atoms. The molecule has 0 radical (unpaired) electrons. The molecule has 0 atom stereocenters. The third-order valence-corrected chi connectivity index (χ3v) is 8.89. The van der Waals surface area contributed by atoms with Gasteiger partial charge in [0.1, 0.15) is 4.21 Å². The van der Waals surface area contributed by atoms with Gasteiger partial charge in [0.05, 0.1) is 30.5 Å². The number of ether oxygens (including phenoxy) is 1. The molecule has 2 heterocycles. The van der Waals surface area contributed by atoms with Crippen LogP contribution in [0.2, 0.25) is 0 Å². The van der Waals surface area contributed by atoms with E-state index in [1.807, 2.05) is 42.0 Å². The Kier molecular flexibility index (Phi) is 8.63. The number of thiophene rings is 1. The zero-order valence-electron chi connectivity index (χ0n) is 21.6. The number of carbonyl (C=O) groups excluding carboxylic acids is 2. The van der Waals surface area contributed by atoms with E-state index in [0.717, 1.165) is 33.7 Å². The Morgan fingerprint density at radius 1 is 1.11 bits per heavy atom. The van der Waals surface area contributed by atoms with Gasteiger partial charge in [0.15, 0.2) is 5.78 Å². The summed E-state index contributed by atoms with van der Waals surface area (Å²) in [5.41, 5.74) is 3.14. The van der Waals surface area contributed by atoms with Crippen LogP contribution < -0.4 is 4.72 Å². The summed E-state index contributed by atoms with van der Waals surface area (Å²) in [5, 5.41) is 0. The number of imidazole rings is 1. The fraction of sp³-hybridized carbons (Fsp3) is 0.321. The minimum atomic E-state index is -4.19. The third kappa shape index (κ3) is 6.49. The molecule has 0 unspecified atom stereocenters. The lowest BCUT2D eigenvalue weighted by molar-refractivity contribution is 0.0973. The van der Waals surface area contributed by atoms with Crippen LogP contribution in [0, 0.1) is 5.92 Å². The minimum absolute atomic E-state index is 0.0193. The zero-order chi connectivity index (χ0) is 27.3. The number of aromatic nitrogens is 2. The molecule has 2 aromatic carbocycles. The quantitative estimate of drug-likeness (QED) is 0.179. The Balaban J connectivity index is 1.64. The lowest BCUT2D eigenvalue weighted by atomic mass is 10.0. The number of Topliss-reactive ketones (excluding diaryl/α,β-unsaturated/α-hetero) is 1. The lowest BCUT2D eigenvalue weighted by Gasteiger charge is -2.10. The lowest BCUT2D eigenvalue weighted by Crippen LogP contribution is -2.31. The smallest absolute Gasteiger partial charge is 0.421 e. The summed E-state index contributed by atoms with van der Waals surface area (Å²) < 4.78 is 35.3. The van der Waals surface area contributed by atoms with Crippen molar-refractivity contribution in [3.63, 3.8) is 0 Å². The monoisotopic (exact) mass is 553 g/mol. The van der Waals surface area contributed by atoms with Crippen molar-refractivity contribution in [3.8, 4) is 11.1 Å². The number of sulfonamides is 1. The first-order chi connectivity index (χ1) is 18.2. The highest BCUT2D eigenvalue weighted by atomic mass is 32.2. The Bertz CT molecular complexity index is 1550. The van der Waals surface area contributed by atoms with E-state index in [1.165, 1.54) is 0 Å². The highest BCUT2D eigenvalue weighted by Gasteiger charge is 2.27. The number of ketones is 1. The molecule has 2 aromatic heterocycles. The predicted octanol–water partition coefficient (Wildman–Crippen LogP) is 6.06. The van der Waals surface area contributed by atoms with Gasteiger partial charge in [-0.3, -0.25) is 4.79 Å². The van der Waals surface area contributed by atoms with E-state index in [4.69, 9.17) is 4.74 Å². The SMILES string of the molecule is CCCCOC(=O)NS(=O)(=O)c1sc(CC(C)C)cc1-c1cccc(C(=O)Cn2cnc3ccccc32)c1. The van der Waals surface area contributed by atoms with Crippen molar-refractivity contribution < 1.29 is 22.7 Å². The van der Waals surface area contributed by atoms with E-state index in [-0.39, 0.29) is 23.1 Å². The van der Waals surface area contributed by atoms with Crippen LogP contribution >= 0.6 is 11.3 Å². The summed E-state index contributed by atoms with van der Waals surface area (Å²) in [7, 11) is -4.19. The highest BCUT2D eigenvalue weighted by Crippen LogP contribution is 2.36. The number of para-hydroxylation sites is 2. The molecule has 200 valence electrons. The van der Waals surface area contributed by atoms with Gasteiger partial charge in [0.25, 0.3) is 10.0 Å². The van der Waals surface area contributed by atoms with Crippen LogP contribution in [-0.4, -0.2) is 36.5 Å². The fourth-order valence-corrected chi connectivity index (χ4v) is 6.90. The number of rotatable bonds is 11. The summed E-state index contributed by atoms with van der Waals surface area (Å²) in [6, 6.07) is 16.3. The molecule has 0 fully saturated rings. The third-order valence-electron chi connectivity index (χ3n) is 5.89. The first-order valence-electron chi connectivity index (χ1n) is 12.5. The molecule has 0 bridgehead atoms. The van der Waals surface area contributed by atoms with Gasteiger partial charge in [-0.05, 0) is 48.6 Å². The summed E-state index contributed by atoms with van der Waals surface area (Å²) in [5.74, 6) is 0.177. The molecule has 8 nitrogen and oxygen atoms in total. The van der Waals surface area contributed by atoms with Gasteiger partial charge in [-0.15, -0.1) is 11.3 Å². The van der Waals surface area contributed by atoms with Crippen LogP contribution in [0.25, 0.3) is 22.2 Å². The number of amides is 1. The second-order valence-corrected chi connectivity index (χ2v) is 12.5. The van der Waals surface area contributed by atoms with E-state index in [9.17, 15) is 18.0 Å². The maximum Gasteiger partial charge on any atom is 0.421 e. The van der Waals surface area contributed by atoms with E-state index in [0.29, 0.717) is 35.4 Å². The van der Waals surface area contributed by atoms with Gasteiger partial charge >= 0.3 is 6.09 Å². The largest absolute Gasteiger partial charge is 0.449 e. The second-order valence-electron chi connectivity index (χ2n) is 9.47. The van der Waals surface area contributed by atoms with Crippen LogP contribution in [0.1, 0.15) is 48.8 Å². The number of hydrogen-bond donors (Lipinski definition) is 1. The highest BCUT2D eigenvalue weighted by molar-refractivity contribution is 7.92. The number of carbonyl (C=O) groups is 2. The average molecular weight is 554 g/mol. The van der Waals surface area contributed by atoms with Crippen LogP contribution in [0.5, 0.6) is 0 Å². The molecule has 1 amide bonds. The zero-order valence-corrected chi connectivity index (χ0v) is 23.3. The Morgan fingerprint density at radius 2 is 1.89 bits per heavy atom. The van der Waals surface area contributed by atoms with Crippen molar-refractivity contribution in [2.24, 2.45) is 5.92 Å². The topological polar surface area (TPSA) is 107 Å². The number of nitrogens with zero attached hydrogens (tertiary/aromatic N) is 2. The second kappa shape index (κ2) is 11.9. The van der Waals surface area contributed by atoms with Crippen molar-refractivity contribution in [2.75, 3.05) is 6.61 Å². The van der Waals surface area contributed by atoms with E-state index >= 15 is 0 Å². The number of benzene rings is 2. The van der Waals surface area contributed by atoms with Crippen LogP contribution in [0.4, 0.5) is 4.79 Å². The standard InChI is InChI=1S/C28H31N3O5S2/c1-4-5-13-36-28(33)30-38(34,35)27-23(16-22(37-27)14-19(2)3)20-9-8-10-21(15-20)26(32)17-31-18-29-24-11-6-7-12-25(24)31/h6-12,15-16,18-19H,4-5,13-14,17H2,1-3H3,(H,30,33). The Labute approximate surface area is 226 Å². The van der Waals surface area contributed by atoms with Crippen molar-refractivity contribution in [1.29, 1.82) is 0 Å². The first kappa shape index (κ1) is 27.5. The molecule has 4 rings (SSSR count). The number of nitrogens with one attached hydrogen (secondary N) is 1. The number of hydrogen-bond acceptors (Lipinski definition) is 7. The van der Waals surface area contributed by atoms with Crippen LogP contribution in [0.3, 0.4) is 0 Å². The number of fused-ring (bicyclic) bond motifs is 1. The van der Waals surface area contributed by atoms with Gasteiger partial charge in [-0.25, -0.2) is 22.9 Å². The molecule has 0 aliphatic carbocycles. The van der Waals surface area contributed by atoms with E-state index in [1.54, 1.807) is 35.2 Å². The molecule has 10 heteroatoms. The molecule has 38 heavy (non-hydrogen) atoms. The minimum Gasteiger partial charge on any atom is -0.449 e. The molecule has 0 aliphatic heterocycles. The van der Waals surface area contributed by atoms with E-state index in [2.05, 4.69) is 18.8 Å². The van der Waals surface area contributed by atoms with Gasteiger partial charge < -0.3 is 9.30 Å². The summed E-state index contributed by atoms with van der Waals surface area (Å²) in [4.78, 5) is 30.6. The van der Waals surface area contributed by atoms with Gasteiger partial charge in [-0.2, -0.15) is 0 Å². The van der Waals surface area contributed by atoms with Crippen molar-refractivity contribution in [1.82, 2.24) is 14.3 Å². The molecule has 0 aliphatic rings. The van der Waals surface area contributed by atoms with Gasteiger partial charge in [0, 0.05) is 16.0 Å². The average Bonchev–Trinajstić information content (AvgIpc) is 3.49. The Hall–Kier alpha value is -3.50. The van der Waals surface area contributed by atoms with Crippen LogP contribution in [0.15, 0.2) is 65.1 Å². The van der Waals surface area contributed by atoms with Gasteiger partial charge in [0.2, 0.25) is 0 Å². The predicted molar refractivity (Wildman–Crippen MR) is 149 cm³/mol.